The number of sulfonamides is 1. The summed E-state index contributed by atoms with van der Waals surface area (Å²) in [4.78, 5) is 24.8. The molecule has 188 valence electrons. The highest BCUT2D eigenvalue weighted by atomic mass is 32.2. The molecule has 1 fully saturated rings. The first kappa shape index (κ1) is 26.8. The van der Waals surface area contributed by atoms with Gasteiger partial charge in [-0.25, -0.2) is 18.4 Å². The highest BCUT2D eigenvalue weighted by Gasteiger charge is 2.27. The van der Waals surface area contributed by atoms with Crippen LogP contribution in [0.25, 0.3) is 22.3 Å². The fourth-order valence-electron chi connectivity index (χ4n) is 3.45. The van der Waals surface area contributed by atoms with Gasteiger partial charge in [-0.3, -0.25) is 9.78 Å². The molecule has 4 rings (SSSR count). The Morgan fingerprint density at radius 2 is 1.91 bits per heavy atom. The van der Waals surface area contributed by atoms with Crippen LogP contribution in [0.3, 0.4) is 0 Å². The highest BCUT2D eigenvalue weighted by molar-refractivity contribution is 7.88. The molecule has 0 saturated carbocycles. The van der Waals surface area contributed by atoms with Crippen LogP contribution in [-0.4, -0.2) is 78.7 Å². The molecule has 0 aliphatic carbocycles. The highest BCUT2D eigenvalue weighted by Crippen LogP contribution is 2.28. The molecule has 0 spiro atoms. The number of carbonyl (C=O) groups excluding carboxylic acids is 1. The van der Waals surface area contributed by atoms with Crippen LogP contribution in [0.2, 0.25) is 0 Å². The van der Waals surface area contributed by atoms with Gasteiger partial charge in [0.2, 0.25) is 15.9 Å². The molecule has 10 nitrogen and oxygen atoms in total. The van der Waals surface area contributed by atoms with Crippen molar-refractivity contribution in [3.8, 4) is 22.9 Å². The van der Waals surface area contributed by atoms with Crippen LogP contribution < -0.4 is 9.47 Å². The van der Waals surface area contributed by atoms with Gasteiger partial charge in [0, 0.05) is 37.5 Å². The Kier molecular flexibility index (Phi) is 9.00. The molecule has 3 aromatic rings. The third-order valence-corrected chi connectivity index (χ3v) is 6.61. The molecular formula is C23H28N4O6S2. The van der Waals surface area contributed by atoms with Gasteiger partial charge >= 0.3 is 0 Å². The Morgan fingerprint density at radius 3 is 2.63 bits per heavy atom. The third-order valence-electron chi connectivity index (χ3n) is 5.35. The first-order valence-corrected chi connectivity index (χ1v) is 12.7. The van der Waals surface area contributed by atoms with Crippen LogP contribution in [0.5, 0.6) is 11.6 Å². The lowest BCUT2D eigenvalue weighted by Gasteiger charge is -2.30. The molecule has 1 saturated heterocycles. The number of morpholine rings is 1. The maximum Gasteiger partial charge on any atom is 0.242 e. The molecule has 12 heteroatoms. The minimum Gasteiger partial charge on any atom is -0.486 e. The van der Waals surface area contributed by atoms with E-state index >= 15 is 0 Å². The second-order valence-electron chi connectivity index (χ2n) is 7.87. The Hall–Kier alpha value is -2.80. The molecule has 2 aromatic heterocycles. The van der Waals surface area contributed by atoms with Crippen molar-refractivity contribution in [3.05, 3.63) is 42.7 Å². The Morgan fingerprint density at radius 1 is 1.17 bits per heavy atom. The van der Waals surface area contributed by atoms with E-state index in [2.05, 4.69) is 15.0 Å². The normalized spacial score (nSPS) is 16.5. The van der Waals surface area contributed by atoms with Crippen LogP contribution in [0.1, 0.15) is 13.3 Å². The number of Topliss-reactive ketones (excluding diaryl/α,β-unsaturated/α-hetero) is 1. The van der Waals surface area contributed by atoms with E-state index in [9.17, 15) is 13.2 Å². The van der Waals surface area contributed by atoms with Crippen LogP contribution in [0.15, 0.2) is 42.7 Å². The van der Waals surface area contributed by atoms with Gasteiger partial charge in [0.1, 0.15) is 25.1 Å². The van der Waals surface area contributed by atoms with Crippen LogP contribution in [0, 0.1) is 0 Å². The second kappa shape index (κ2) is 11.8. The number of fused-ring (bicyclic) bond motifs is 1. The molecule has 1 atom stereocenters. The molecule has 1 aromatic carbocycles. The summed E-state index contributed by atoms with van der Waals surface area (Å²) in [7, 11) is -3.30. The SMILES string of the molecule is CCC(=O)COc1ccc(-c2cc3nccnc3c(OC[C@@H]3CN(S(C)(=O)=O)CCO3)n2)cc1.S. The maximum atomic E-state index is 11.9. The number of ketones is 1. The molecule has 3 heterocycles. The molecular weight excluding hydrogens is 492 g/mol. The molecule has 0 N–H and O–H groups in total. The Bertz CT molecular complexity index is 1270. The average Bonchev–Trinajstić information content (AvgIpc) is 2.85. The van der Waals surface area contributed by atoms with Crippen LogP contribution >= 0.6 is 13.5 Å². The summed E-state index contributed by atoms with van der Waals surface area (Å²) in [6, 6.07) is 9.05. The number of carbonyl (C=O) groups is 1. The number of hydrogen-bond acceptors (Lipinski definition) is 9. The van der Waals surface area contributed by atoms with E-state index in [4.69, 9.17) is 14.2 Å². The van der Waals surface area contributed by atoms with E-state index < -0.39 is 16.1 Å². The summed E-state index contributed by atoms with van der Waals surface area (Å²) in [5.74, 6) is 0.907. The number of pyridine rings is 1. The zero-order valence-electron chi connectivity index (χ0n) is 19.5. The molecule has 1 aliphatic rings. The van der Waals surface area contributed by atoms with Crippen molar-refractivity contribution in [1.82, 2.24) is 19.3 Å². The number of nitrogens with zero attached hydrogens (tertiary/aromatic N) is 4. The first-order valence-electron chi connectivity index (χ1n) is 10.9. The van der Waals surface area contributed by atoms with Crippen molar-refractivity contribution in [2.45, 2.75) is 19.4 Å². The quantitative estimate of drug-likeness (QED) is 0.418. The van der Waals surface area contributed by atoms with Gasteiger partial charge in [-0.2, -0.15) is 17.8 Å². The molecule has 0 bridgehead atoms. The zero-order chi connectivity index (χ0) is 24.1. The standard InChI is InChI=1S/C23H26N4O6S.H2S/c1-3-17(28)14-32-18-6-4-16(5-7-18)20-12-21-22(25-9-8-24-21)23(26-20)33-15-19-13-27(10-11-31-19)34(2,29)30;/h4-9,12,19H,3,10-11,13-15H2,1-2H3;1H2/t19-;/m0./s1. The van der Waals surface area contributed by atoms with E-state index in [1.54, 1.807) is 31.5 Å². The van der Waals surface area contributed by atoms with Gasteiger partial charge in [0.05, 0.1) is 24.1 Å². The average molecular weight is 521 g/mol. The van der Waals surface area contributed by atoms with E-state index in [1.165, 1.54) is 10.6 Å². The minimum atomic E-state index is -3.30. The minimum absolute atomic E-state index is 0. The van der Waals surface area contributed by atoms with Crippen LogP contribution in [0.4, 0.5) is 0 Å². The van der Waals surface area contributed by atoms with Crippen molar-refractivity contribution < 1.29 is 27.4 Å². The summed E-state index contributed by atoms with van der Waals surface area (Å²) in [5, 5.41) is 0. The number of benzene rings is 1. The van der Waals surface area contributed by atoms with Gasteiger partial charge in [0.25, 0.3) is 0 Å². The van der Waals surface area contributed by atoms with Crippen molar-refractivity contribution in [2.75, 3.05) is 39.2 Å². The number of rotatable bonds is 9. The number of aromatic nitrogens is 3. The zero-order valence-corrected chi connectivity index (χ0v) is 21.3. The van der Waals surface area contributed by atoms with E-state index in [-0.39, 0.29) is 44.9 Å². The van der Waals surface area contributed by atoms with Gasteiger partial charge in [-0.15, -0.1) is 0 Å². The summed E-state index contributed by atoms with van der Waals surface area (Å²) >= 11 is 0. The fraction of sp³-hybridized carbons (Fsp3) is 0.391. The monoisotopic (exact) mass is 520 g/mol. The number of ether oxygens (including phenoxy) is 3. The van der Waals surface area contributed by atoms with Gasteiger partial charge < -0.3 is 14.2 Å². The lowest BCUT2D eigenvalue weighted by atomic mass is 10.1. The van der Waals surface area contributed by atoms with Gasteiger partial charge in [-0.1, -0.05) is 6.92 Å². The summed E-state index contributed by atoms with van der Waals surface area (Å²) in [6.45, 7) is 2.79. The van der Waals surface area contributed by atoms with E-state index in [1.807, 2.05) is 18.2 Å². The molecule has 0 unspecified atom stereocenters. The molecule has 1 aliphatic heterocycles. The summed E-state index contributed by atoms with van der Waals surface area (Å²) in [6.07, 6.45) is 4.33. The Balaban J connectivity index is 0.00000342. The summed E-state index contributed by atoms with van der Waals surface area (Å²) < 4.78 is 42.3. The van der Waals surface area contributed by atoms with Gasteiger partial charge in [-0.05, 0) is 30.3 Å². The molecule has 0 amide bonds. The van der Waals surface area contributed by atoms with Crippen molar-refractivity contribution in [1.29, 1.82) is 0 Å². The van der Waals surface area contributed by atoms with Crippen molar-refractivity contribution in [3.63, 3.8) is 0 Å². The lowest BCUT2D eigenvalue weighted by Crippen LogP contribution is -2.47. The predicted molar refractivity (Wildman–Crippen MR) is 136 cm³/mol. The largest absolute Gasteiger partial charge is 0.486 e. The molecule has 35 heavy (non-hydrogen) atoms. The topological polar surface area (TPSA) is 121 Å². The van der Waals surface area contributed by atoms with E-state index in [0.717, 1.165) is 5.56 Å². The smallest absolute Gasteiger partial charge is 0.242 e. The van der Waals surface area contributed by atoms with Gasteiger partial charge in [0.15, 0.2) is 11.3 Å². The fourth-order valence-corrected chi connectivity index (χ4v) is 4.29. The molecule has 0 radical (unpaired) electrons. The van der Waals surface area contributed by atoms with Crippen LogP contribution in [-0.2, 0) is 19.6 Å². The maximum absolute atomic E-state index is 11.9. The number of hydrogen-bond donors (Lipinski definition) is 0. The second-order valence-corrected chi connectivity index (χ2v) is 9.85. The first-order chi connectivity index (χ1) is 16.3. The lowest BCUT2D eigenvalue weighted by molar-refractivity contribution is -0.120. The predicted octanol–water partition coefficient (Wildman–Crippen LogP) is 2.20. The van der Waals surface area contributed by atoms with Crippen molar-refractivity contribution >= 4 is 40.3 Å². The summed E-state index contributed by atoms with van der Waals surface area (Å²) in [5.41, 5.74) is 2.55. The van der Waals surface area contributed by atoms with Crippen molar-refractivity contribution in [2.24, 2.45) is 0 Å². The Labute approximate surface area is 211 Å². The third kappa shape index (κ3) is 6.88. The van der Waals surface area contributed by atoms with E-state index in [0.29, 0.717) is 42.0 Å².